The lowest BCUT2D eigenvalue weighted by molar-refractivity contribution is -0.115. The maximum Gasteiger partial charge on any atom is 0.251 e. The number of hydrogen-bond donors (Lipinski definition) is 2. The molecule has 3 rings (SSSR count). The fourth-order valence-corrected chi connectivity index (χ4v) is 5.71. The van der Waals surface area contributed by atoms with Crippen LogP contribution in [0.15, 0.2) is 47.4 Å². The number of nitrogens with zero attached hydrogens (tertiary/aromatic N) is 1. The summed E-state index contributed by atoms with van der Waals surface area (Å²) in [5.74, 6) is -0.0439. The number of amides is 2. The van der Waals surface area contributed by atoms with Crippen molar-refractivity contribution in [1.29, 1.82) is 0 Å². The Kier molecular flexibility index (Phi) is 8.34. The molecule has 33 heavy (non-hydrogen) atoms. The van der Waals surface area contributed by atoms with Crippen LogP contribution in [0.3, 0.4) is 0 Å². The van der Waals surface area contributed by atoms with Gasteiger partial charge in [0.15, 0.2) is 0 Å². The van der Waals surface area contributed by atoms with E-state index in [1.807, 2.05) is 13.8 Å². The highest BCUT2D eigenvalue weighted by molar-refractivity contribution is 7.89. The Morgan fingerprint density at radius 2 is 1.91 bits per heavy atom. The monoisotopic (exact) mass is 493 g/mol. The molecule has 0 bridgehead atoms. The van der Waals surface area contributed by atoms with Gasteiger partial charge in [0, 0.05) is 24.3 Å². The molecular weight excluding hydrogens is 466 g/mol. The summed E-state index contributed by atoms with van der Waals surface area (Å²) in [6.07, 6.45) is 1.75. The number of hydrogen-bond acceptors (Lipinski definition) is 5. The van der Waals surface area contributed by atoms with Gasteiger partial charge in [-0.25, -0.2) is 8.42 Å². The van der Waals surface area contributed by atoms with Gasteiger partial charge in [-0.3, -0.25) is 9.59 Å². The van der Waals surface area contributed by atoms with Gasteiger partial charge in [-0.05, 0) is 68.1 Å². The van der Waals surface area contributed by atoms with Crippen LogP contribution in [0.4, 0.5) is 5.69 Å². The summed E-state index contributed by atoms with van der Waals surface area (Å²) in [5, 5.41) is 5.24. The molecule has 2 amide bonds. The van der Waals surface area contributed by atoms with E-state index >= 15 is 0 Å². The van der Waals surface area contributed by atoms with Crippen LogP contribution in [-0.2, 0) is 14.8 Å². The molecular formula is C23H28ClN3O5S. The maximum atomic E-state index is 13.1. The van der Waals surface area contributed by atoms with Crippen LogP contribution in [0.5, 0.6) is 5.75 Å². The third kappa shape index (κ3) is 6.46. The van der Waals surface area contributed by atoms with Crippen molar-refractivity contribution >= 4 is 39.1 Å². The van der Waals surface area contributed by atoms with E-state index in [9.17, 15) is 18.0 Å². The predicted octanol–water partition coefficient (Wildman–Crippen LogP) is 3.53. The topological polar surface area (TPSA) is 105 Å². The third-order valence-electron chi connectivity index (χ3n) is 5.29. The molecule has 0 radical (unpaired) electrons. The number of carbonyl (C=O) groups is 2. The molecule has 1 fully saturated rings. The van der Waals surface area contributed by atoms with Crippen LogP contribution >= 0.6 is 11.6 Å². The van der Waals surface area contributed by atoms with Crippen molar-refractivity contribution in [3.8, 4) is 5.75 Å². The van der Waals surface area contributed by atoms with Gasteiger partial charge in [0.2, 0.25) is 15.9 Å². The molecule has 0 saturated carbocycles. The Labute approximate surface area is 199 Å². The first-order valence-electron chi connectivity index (χ1n) is 10.8. The first-order valence-corrected chi connectivity index (χ1v) is 12.6. The molecule has 1 saturated heterocycles. The van der Waals surface area contributed by atoms with Gasteiger partial charge in [-0.2, -0.15) is 4.31 Å². The number of sulfonamides is 1. The van der Waals surface area contributed by atoms with Gasteiger partial charge < -0.3 is 15.4 Å². The van der Waals surface area contributed by atoms with Gasteiger partial charge in [0.1, 0.15) is 10.6 Å². The Hall–Kier alpha value is -2.62. The van der Waals surface area contributed by atoms with Crippen LogP contribution in [0.25, 0.3) is 0 Å². The van der Waals surface area contributed by atoms with Crippen molar-refractivity contribution in [2.45, 2.75) is 31.6 Å². The van der Waals surface area contributed by atoms with E-state index in [0.29, 0.717) is 31.1 Å². The number of nitrogens with one attached hydrogen (secondary N) is 2. The Bertz CT molecular complexity index is 1110. The third-order valence-corrected chi connectivity index (χ3v) is 7.64. The largest absolute Gasteiger partial charge is 0.494 e. The number of halogens is 1. The van der Waals surface area contributed by atoms with Crippen LogP contribution in [0, 0.1) is 5.92 Å². The summed E-state index contributed by atoms with van der Waals surface area (Å²) in [6.45, 7) is 4.99. The van der Waals surface area contributed by atoms with Crippen molar-refractivity contribution < 1.29 is 22.7 Å². The minimum atomic E-state index is -3.83. The molecule has 1 atom stereocenters. The summed E-state index contributed by atoms with van der Waals surface area (Å²) in [5.41, 5.74) is 0.672. The molecule has 0 aliphatic carbocycles. The lowest BCUT2D eigenvalue weighted by Crippen LogP contribution is -2.39. The van der Waals surface area contributed by atoms with E-state index in [1.54, 1.807) is 24.3 Å². The first-order chi connectivity index (χ1) is 15.7. The smallest absolute Gasteiger partial charge is 0.251 e. The average Bonchev–Trinajstić information content (AvgIpc) is 2.79. The average molecular weight is 494 g/mol. The molecule has 1 unspecified atom stereocenters. The molecule has 2 aromatic carbocycles. The molecule has 2 aromatic rings. The van der Waals surface area contributed by atoms with Gasteiger partial charge >= 0.3 is 0 Å². The minimum Gasteiger partial charge on any atom is -0.494 e. The molecule has 1 heterocycles. The maximum absolute atomic E-state index is 13.1. The van der Waals surface area contributed by atoms with Gasteiger partial charge in [-0.1, -0.05) is 18.5 Å². The van der Waals surface area contributed by atoms with E-state index in [2.05, 4.69) is 10.6 Å². The van der Waals surface area contributed by atoms with E-state index in [4.69, 9.17) is 16.3 Å². The Morgan fingerprint density at radius 3 is 2.58 bits per heavy atom. The van der Waals surface area contributed by atoms with Crippen molar-refractivity contribution in [1.82, 2.24) is 9.62 Å². The van der Waals surface area contributed by atoms with Crippen LogP contribution in [0.2, 0.25) is 5.02 Å². The van der Waals surface area contributed by atoms with Crippen LogP contribution < -0.4 is 15.4 Å². The Morgan fingerprint density at radius 1 is 1.18 bits per heavy atom. The number of rotatable bonds is 8. The molecule has 1 aliphatic heterocycles. The number of ether oxygens (including phenoxy) is 1. The second-order valence-electron chi connectivity index (χ2n) is 7.94. The lowest BCUT2D eigenvalue weighted by atomic mass is 10.0. The molecule has 10 heteroatoms. The normalized spacial score (nSPS) is 16.8. The fourth-order valence-electron chi connectivity index (χ4n) is 3.61. The van der Waals surface area contributed by atoms with Crippen molar-refractivity contribution in [2.24, 2.45) is 5.92 Å². The minimum absolute atomic E-state index is 0.0537. The summed E-state index contributed by atoms with van der Waals surface area (Å²) in [4.78, 5) is 24.7. The zero-order valence-corrected chi connectivity index (χ0v) is 20.2. The summed E-state index contributed by atoms with van der Waals surface area (Å²) in [6, 6.07) is 10.9. The highest BCUT2D eigenvalue weighted by Crippen LogP contribution is 2.29. The van der Waals surface area contributed by atoms with Crippen LogP contribution in [-0.4, -0.2) is 50.8 Å². The van der Waals surface area contributed by atoms with Gasteiger partial charge in [0.25, 0.3) is 5.91 Å². The summed E-state index contributed by atoms with van der Waals surface area (Å²) < 4.78 is 33.0. The Balaban J connectivity index is 1.63. The second-order valence-corrected chi connectivity index (χ2v) is 10.3. The standard InChI is InChI=1S/C23H28ClN3O5S/c1-3-32-19-9-7-18(8-10-19)26-22(28)14-25-23(29)17-6-11-20(24)21(13-17)33(30,31)27-12-4-5-16(2)15-27/h6-11,13,16H,3-5,12,14-15H2,1-2H3,(H,25,29)(H,26,28). The van der Waals surface area contributed by atoms with Crippen molar-refractivity contribution in [3.63, 3.8) is 0 Å². The van der Waals surface area contributed by atoms with Crippen LogP contribution in [0.1, 0.15) is 37.0 Å². The summed E-state index contributed by atoms with van der Waals surface area (Å²) >= 11 is 6.18. The van der Waals surface area contributed by atoms with Crippen molar-refractivity contribution in [3.05, 3.63) is 53.1 Å². The molecule has 1 aliphatic rings. The summed E-state index contributed by atoms with van der Waals surface area (Å²) in [7, 11) is -3.83. The zero-order chi connectivity index (χ0) is 24.0. The van der Waals surface area contributed by atoms with E-state index < -0.39 is 21.8 Å². The highest BCUT2D eigenvalue weighted by Gasteiger charge is 2.31. The van der Waals surface area contributed by atoms with E-state index in [-0.39, 0.29) is 27.9 Å². The second kappa shape index (κ2) is 11.0. The first kappa shape index (κ1) is 25.0. The van der Waals surface area contributed by atoms with Gasteiger partial charge in [0.05, 0.1) is 18.2 Å². The number of anilines is 1. The highest BCUT2D eigenvalue weighted by atomic mass is 35.5. The molecule has 178 valence electrons. The molecule has 8 nitrogen and oxygen atoms in total. The number of piperidine rings is 1. The number of benzene rings is 2. The molecule has 0 spiro atoms. The number of carbonyl (C=O) groups excluding carboxylic acids is 2. The SMILES string of the molecule is CCOc1ccc(NC(=O)CNC(=O)c2ccc(Cl)c(S(=O)(=O)N3CCCC(C)C3)c2)cc1. The predicted molar refractivity (Wildman–Crippen MR) is 127 cm³/mol. The van der Waals surface area contributed by atoms with E-state index in [1.165, 1.54) is 22.5 Å². The van der Waals surface area contributed by atoms with Crippen molar-refractivity contribution in [2.75, 3.05) is 31.6 Å². The lowest BCUT2D eigenvalue weighted by Gasteiger charge is -2.30. The molecule has 2 N–H and O–H groups in total. The van der Waals surface area contributed by atoms with E-state index in [0.717, 1.165) is 12.8 Å². The quantitative estimate of drug-likeness (QED) is 0.585. The van der Waals surface area contributed by atoms with Gasteiger partial charge in [-0.15, -0.1) is 0 Å². The zero-order valence-electron chi connectivity index (χ0n) is 18.6. The molecule has 0 aromatic heterocycles. The fraction of sp³-hybridized carbons (Fsp3) is 0.391.